The Bertz CT molecular complexity index is 138. The molecule has 0 bridgehead atoms. The molecule has 0 saturated carbocycles. The number of rotatable bonds is 12. The van der Waals surface area contributed by atoms with E-state index in [0.717, 1.165) is 24.0 Å². The van der Waals surface area contributed by atoms with E-state index in [0.29, 0.717) is 32.3 Å². The summed E-state index contributed by atoms with van der Waals surface area (Å²) >= 11 is 7.59. The molecule has 0 rings (SSSR count). The van der Waals surface area contributed by atoms with E-state index in [9.17, 15) is 0 Å². The Morgan fingerprint density at radius 1 is 1.06 bits per heavy atom. The molecule has 0 saturated heterocycles. The SMILES string of the molecule is COCCOCCOCCSCC(C)CCl. The van der Waals surface area contributed by atoms with Crippen molar-refractivity contribution in [1.82, 2.24) is 0 Å². The van der Waals surface area contributed by atoms with Crippen molar-refractivity contribution in [2.24, 2.45) is 5.92 Å². The monoisotopic (exact) mass is 270 g/mol. The maximum Gasteiger partial charge on any atom is 0.0701 e. The van der Waals surface area contributed by atoms with Crippen LogP contribution in [-0.2, 0) is 14.2 Å². The van der Waals surface area contributed by atoms with Crippen LogP contribution in [0.2, 0.25) is 0 Å². The van der Waals surface area contributed by atoms with Gasteiger partial charge in [0, 0.05) is 18.7 Å². The van der Waals surface area contributed by atoms with Crippen molar-refractivity contribution in [3.63, 3.8) is 0 Å². The van der Waals surface area contributed by atoms with Crippen molar-refractivity contribution in [2.45, 2.75) is 6.92 Å². The summed E-state index contributed by atoms with van der Waals surface area (Å²) in [6.45, 7) is 5.53. The van der Waals surface area contributed by atoms with Crippen LogP contribution in [0.15, 0.2) is 0 Å². The molecular weight excluding hydrogens is 248 g/mol. The number of hydrogen-bond donors (Lipinski definition) is 0. The number of methoxy groups -OCH3 is 1. The maximum absolute atomic E-state index is 5.70. The molecule has 0 aromatic carbocycles. The standard InChI is InChI=1S/C11H23ClO3S/c1-11(9-12)10-16-8-7-15-6-5-14-4-3-13-2/h11H,3-10H2,1-2H3. The van der Waals surface area contributed by atoms with E-state index in [1.807, 2.05) is 11.8 Å². The molecule has 0 fully saturated rings. The van der Waals surface area contributed by atoms with Crippen LogP contribution < -0.4 is 0 Å². The van der Waals surface area contributed by atoms with Gasteiger partial charge in [0.1, 0.15) is 0 Å². The first-order valence-corrected chi connectivity index (χ1v) is 7.28. The van der Waals surface area contributed by atoms with Gasteiger partial charge in [-0.3, -0.25) is 0 Å². The van der Waals surface area contributed by atoms with E-state index in [4.69, 9.17) is 25.8 Å². The van der Waals surface area contributed by atoms with Gasteiger partial charge < -0.3 is 14.2 Å². The fourth-order valence-electron chi connectivity index (χ4n) is 0.911. The zero-order valence-corrected chi connectivity index (χ0v) is 11.8. The third-order valence-corrected chi connectivity index (χ3v) is 3.63. The van der Waals surface area contributed by atoms with E-state index in [2.05, 4.69) is 6.92 Å². The highest BCUT2D eigenvalue weighted by Gasteiger charge is 1.99. The fourth-order valence-corrected chi connectivity index (χ4v) is 2.07. The smallest absolute Gasteiger partial charge is 0.0701 e. The lowest BCUT2D eigenvalue weighted by molar-refractivity contribution is 0.0286. The van der Waals surface area contributed by atoms with E-state index < -0.39 is 0 Å². The second-order valence-corrected chi connectivity index (χ2v) is 5.01. The quantitative estimate of drug-likeness (QED) is 0.402. The van der Waals surface area contributed by atoms with Gasteiger partial charge in [0.2, 0.25) is 0 Å². The van der Waals surface area contributed by atoms with Crippen molar-refractivity contribution in [3.8, 4) is 0 Å². The summed E-state index contributed by atoms with van der Waals surface area (Å²) in [6.07, 6.45) is 0. The second kappa shape index (κ2) is 13.6. The normalized spacial score (nSPS) is 12.9. The van der Waals surface area contributed by atoms with Gasteiger partial charge in [0.25, 0.3) is 0 Å². The van der Waals surface area contributed by atoms with E-state index >= 15 is 0 Å². The van der Waals surface area contributed by atoms with E-state index in [-0.39, 0.29) is 0 Å². The summed E-state index contributed by atoms with van der Waals surface area (Å²) in [5.74, 6) is 3.46. The molecule has 0 aliphatic carbocycles. The van der Waals surface area contributed by atoms with Crippen molar-refractivity contribution in [3.05, 3.63) is 0 Å². The minimum Gasteiger partial charge on any atom is -0.382 e. The summed E-state index contributed by atoms with van der Waals surface area (Å²) < 4.78 is 15.5. The average molecular weight is 271 g/mol. The van der Waals surface area contributed by atoms with Gasteiger partial charge in [-0.2, -0.15) is 11.8 Å². The predicted molar refractivity (Wildman–Crippen MR) is 70.7 cm³/mol. The van der Waals surface area contributed by atoms with Gasteiger partial charge in [-0.15, -0.1) is 11.6 Å². The Morgan fingerprint density at radius 3 is 2.31 bits per heavy atom. The molecule has 0 amide bonds. The first kappa shape index (κ1) is 16.5. The summed E-state index contributed by atoms with van der Waals surface area (Å²) in [4.78, 5) is 0. The number of thioether (sulfide) groups is 1. The summed E-state index contributed by atoms with van der Waals surface area (Å²) in [6, 6.07) is 0. The van der Waals surface area contributed by atoms with Gasteiger partial charge in [-0.05, 0) is 11.7 Å². The minimum atomic E-state index is 0.587. The minimum absolute atomic E-state index is 0.587. The molecule has 1 atom stereocenters. The van der Waals surface area contributed by atoms with Crippen LogP contribution in [0.3, 0.4) is 0 Å². The molecule has 16 heavy (non-hydrogen) atoms. The first-order valence-electron chi connectivity index (χ1n) is 5.59. The molecule has 3 nitrogen and oxygen atoms in total. The highest BCUT2D eigenvalue weighted by Crippen LogP contribution is 2.09. The molecular formula is C11H23ClO3S. The lowest BCUT2D eigenvalue weighted by atomic mass is 10.3. The molecule has 0 radical (unpaired) electrons. The Kier molecular flexibility index (Phi) is 14.0. The highest BCUT2D eigenvalue weighted by atomic mass is 35.5. The Morgan fingerprint density at radius 2 is 1.69 bits per heavy atom. The molecule has 0 aromatic heterocycles. The molecule has 0 N–H and O–H groups in total. The van der Waals surface area contributed by atoms with Gasteiger partial charge in [-0.25, -0.2) is 0 Å². The van der Waals surface area contributed by atoms with Crippen molar-refractivity contribution >= 4 is 23.4 Å². The predicted octanol–water partition coefficient (Wildman–Crippen LogP) is 2.27. The van der Waals surface area contributed by atoms with E-state index in [1.54, 1.807) is 7.11 Å². The first-order chi connectivity index (χ1) is 7.81. The molecule has 0 aliphatic rings. The lowest BCUT2D eigenvalue weighted by Crippen LogP contribution is -2.10. The van der Waals surface area contributed by atoms with Crippen LogP contribution in [0, 0.1) is 5.92 Å². The van der Waals surface area contributed by atoms with Crippen LogP contribution in [0.5, 0.6) is 0 Å². The summed E-state index contributed by atoms with van der Waals surface area (Å²) in [7, 11) is 1.67. The Hall–Kier alpha value is 0.520. The number of halogens is 1. The van der Waals surface area contributed by atoms with Crippen LogP contribution in [0.4, 0.5) is 0 Å². The van der Waals surface area contributed by atoms with Crippen LogP contribution in [0.1, 0.15) is 6.92 Å². The summed E-state index contributed by atoms with van der Waals surface area (Å²) in [5.41, 5.74) is 0. The Balaban J connectivity index is 2.93. The fraction of sp³-hybridized carbons (Fsp3) is 1.00. The topological polar surface area (TPSA) is 27.7 Å². The molecule has 5 heteroatoms. The third-order valence-electron chi connectivity index (χ3n) is 1.84. The van der Waals surface area contributed by atoms with Crippen LogP contribution >= 0.6 is 23.4 Å². The zero-order chi connectivity index (χ0) is 12.1. The third kappa shape index (κ3) is 12.6. The molecule has 0 aliphatic heterocycles. The molecule has 0 spiro atoms. The van der Waals surface area contributed by atoms with Gasteiger partial charge in [-0.1, -0.05) is 6.92 Å². The second-order valence-electron chi connectivity index (χ2n) is 3.55. The molecule has 1 unspecified atom stereocenters. The zero-order valence-electron chi connectivity index (χ0n) is 10.2. The number of ether oxygens (including phenoxy) is 3. The molecule has 0 aromatic rings. The molecule has 0 heterocycles. The average Bonchev–Trinajstić information content (AvgIpc) is 2.31. The van der Waals surface area contributed by atoms with Gasteiger partial charge in [0.15, 0.2) is 0 Å². The van der Waals surface area contributed by atoms with Crippen LogP contribution in [-0.4, -0.2) is 57.5 Å². The Labute approximate surface area is 108 Å². The van der Waals surface area contributed by atoms with Gasteiger partial charge >= 0.3 is 0 Å². The lowest BCUT2D eigenvalue weighted by Gasteiger charge is -2.07. The maximum atomic E-state index is 5.70. The molecule has 98 valence electrons. The van der Waals surface area contributed by atoms with Gasteiger partial charge in [0.05, 0.1) is 33.0 Å². The van der Waals surface area contributed by atoms with Crippen molar-refractivity contribution in [2.75, 3.05) is 57.5 Å². The number of alkyl halides is 1. The number of hydrogen-bond acceptors (Lipinski definition) is 4. The largest absolute Gasteiger partial charge is 0.382 e. The summed E-state index contributed by atoms with van der Waals surface area (Å²) in [5, 5.41) is 0. The van der Waals surface area contributed by atoms with Crippen molar-refractivity contribution < 1.29 is 14.2 Å². The van der Waals surface area contributed by atoms with E-state index in [1.165, 1.54) is 0 Å². The van der Waals surface area contributed by atoms with Crippen LogP contribution in [0.25, 0.3) is 0 Å². The highest BCUT2D eigenvalue weighted by molar-refractivity contribution is 7.99. The van der Waals surface area contributed by atoms with Crippen molar-refractivity contribution in [1.29, 1.82) is 0 Å².